The largest absolute Gasteiger partial charge is 0.303 e. The van der Waals surface area contributed by atoms with Crippen LogP contribution in [0.4, 0.5) is 0 Å². The molecule has 0 aliphatic carbocycles. The molecule has 0 amide bonds. The van der Waals surface area contributed by atoms with Gasteiger partial charge in [0.25, 0.3) is 0 Å². The van der Waals surface area contributed by atoms with Crippen LogP contribution in [0.1, 0.15) is 33.1 Å². The topological polar surface area (TPSA) is 3.24 Å². The van der Waals surface area contributed by atoms with Crippen LogP contribution in [0.2, 0.25) is 0 Å². The monoisotopic (exact) mass is 141 g/mol. The highest BCUT2D eigenvalue weighted by atomic mass is 15.1. The minimum absolute atomic E-state index is 0.880. The highest BCUT2D eigenvalue weighted by Crippen LogP contribution is 2.25. The second-order valence-electron chi connectivity index (χ2n) is 3.51. The standard InChI is InChI=1S/C9H19N/c1-4-8-6-9(5-2)10(3)7-8/h8-9H,4-7H2,1-3H3/t8-,9-/m1/s1. The summed E-state index contributed by atoms with van der Waals surface area (Å²) < 4.78 is 0. The van der Waals surface area contributed by atoms with Gasteiger partial charge in [0.2, 0.25) is 0 Å². The summed E-state index contributed by atoms with van der Waals surface area (Å²) in [5, 5.41) is 0. The zero-order valence-electron chi connectivity index (χ0n) is 7.43. The van der Waals surface area contributed by atoms with Crippen molar-refractivity contribution in [1.29, 1.82) is 0 Å². The molecule has 10 heavy (non-hydrogen) atoms. The average Bonchev–Trinajstić information content (AvgIpc) is 2.30. The van der Waals surface area contributed by atoms with Gasteiger partial charge in [-0.3, -0.25) is 0 Å². The number of hydrogen-bond donors (Lipinski definition) is 0. The average molecular weight is 141 g/mol. The number of rotatable bonds is 2. The second-order valence-corrected chi connectivity index (χ2v) is 3.51. The molecule has 1 aliphatic rings. The van der Waals surface area contributed by atoms with Crippen molar-refractivity contribution in [2.24, 2.45) is 5.92 Å². The zero-order chi connectivity index (χ0) is 7.56. The smallest absolute Gasteiger partial charge is 0.00928 e. The summed E-state index contributed by atoms with van der Waals surface area (Å²) >= 11 is 0. The van der Waals surface area contributed by atoms with E-state index in [1.165, 1.54) is 25.8 Å². The summed E-state index contributed by atoms with van der Waals surface area (Å²) in [6.07, 6.45) is 4.12. The molecule has 1 aliphatic heterocycles. The summed E-state index contributed by atoms with van der Waals surface area (Å²) in [5.74, 6) is 0.981. The van der Waals surface area contributed by atoms with Gasteiger partial charge in [-0.15, -0.1) is 0 Å². The quantitative estimate of drug-likeness (QED) is 0.569. The molecule has 1 fully saturated rings. The van der Waals surface area contributed by atoms with Crippen molar-refractivity contribution >= 4 is 0 Å². The molecule has 0 aromatic carbocycles. The van der Waals surface area contributed by atoms with Crippen molar-refractivity contribution in [2.75, 3.05) is 13.6 Å². The normalized spacial score (nSPS) is 35.1. The van der Waals surface area contributed by atoms with E-state index in [0.29, 0.717) is 0 Å². The van der Waals surface area contributed by atoms with E-state index in [2.05, 4.69) is 25.8 Å². The van der Waals surface area contributed by atoms with Gasteiger partial charge in [0, 0.05) is 12.6 Å². The molecule has 1 heterocycles. The van der Waals surface area contributed by atoms with E-state index in [4.69, 9.17) is 0 Å². The molecule has 1 rings (SSSR count). The van der Waals surface area contributed by atoms with Gasteiger partial charge in [0.1, 0.15) is 0 Å². The summed E-state index contributed by atoms with van der Waals surface area (Å²) in [6.45, 7) is 5.92. The lowest BCUT2D eigenvalue weighted by atomic mass is 10.0. The summed E-state index contributed by atoms with van der Waals surface area (Å²) in [5.41, 5.74) is 0. The Morgan fingerprint density at radius 1 is 1.30 bits per heavy atom. The first kappa shape index (κ1) is 8.06. The number of nitrogens with zero attached hydrogens (tertiary/aromatic N) is 1. The van der Waals surface area contributed by atoms with Crippen LogP contribution >= 0.6 is 0 Å². The first-order valence-corrected chi connectivity index (χ1v) is 4.48. The fourth-order valence-electron chi connectivity index (χ4n) is 1.97. The lowest BCUT2D eigenvalue weighted by molar-refractivity contribution is 0.301. The van der Waals surface area contributed by atoms with E-state index >= 15 is 0 Å². The number of likely N-dealkylation sites (tertiary alicyclic amines) is 1. The van der Waals surface area contributed by atoms with Gasteiger partial charge in [-0.2, -0.15) is 0 Å². The van der Waals surface area contributed by atoms with Crippen molar-refractivity contribution in [2.45, 2.75) is 39.2 Å². The highest BCUT2D eigenvalue weighted by Gasteiger charge is 2.26. The molecular formula is C9H19N. The maximum Gasteiger partial charge on any atom is 0.00928 e. The van der Waals surface area contributed by atoms with E-state index in [1.807, 2.05) is 0 Å². The maximum absolute atomic E-state index is 2.51. The van der Waals surface area contributed by atoms with Crippen molar-refractivity contribution in [3.05, 3.63) is 0 Å². The van der Waals surface area contributed by atoms with Gasteiger partial charge in [0.05, 0.1) is 0 Å². The van der Waals surface area contributed by atoms with Crippen LogP contribution in [0, 0.1) is 5.92 Å². The number of hydrogen-bond acceptors (Lipinski definition) is 1. The first-order chi connectivity index (χ1) is 4.77. The molecule has 60 valence electrons. The van der Waals surface area contributed by atoms with E-state index < -0.39 is 0 Å². The van der Waals surface area contributed by atoms with Gasteiger partial charge in [-0.05, 0) is 25.8 Å². The molecule has 0 aromatic rings. The first-order valence-electron chi connectivity index (χ1n) is 4.48. The Hall–Kier alpha value is -0.0400. The molecule has 0 radical (unpaired) electrons. The Labute approximate surface area is 64.4 Å². The summed E-state index contributed by atoms with van der Waals surface area (Å²) in [4.78, 5) is 2.51. The van der Waals surface area contributed by atoms with E-state index in [1.54, 1.807) is 0 Å². The van der Waals surface area contributed by atoms with Gasteiger partial charge in [-0.25, -0.2) is 0 Å². The highest BCUT2D eigenvalue weighted by molar-refractivity contribution is 4.80. The van der Waals surface area contributed by atoms with Gasteiger partial charge in [0.15, 0.2) is 0 Å². The van der Waals surface area contributed by atoms with E-state index in [-0.39, 0.29) is 0 Å². The van der Waals surface area contributed by atoms with Crippen molar-refractivity contribution in [3.8, 4) is 0 Å². The SMILES string of the molecule is CC[C@@H]1C[C@@H](CC)N(C)C1. The third kappa shape index (κ3) is 1.51. The molecule has 0 N–H and O–H groups in total. The van der Waals surface area contributed by atoms with Crippen molar-refractivity contribution in [3.63, 3.8) is 0 Å². The predicted octanol–water partition coefficient (Wildman–Crippen LogP) is 2.13. The zero-order valence-corrected chi connectivity index (χ0v) is 7.43. The summed E-state index contributed by atoms with van der Waals surface area (Å²) in [7, 11) is 2.25. The lowest BCUT2D eigenvalue weighted by Crippen LogP contribution is -2.23. The van der Waals surface area contributed by atoms with Crippen LogP contribution in [-0.2, 0) is 0 Å². The third-order valence-electron chi connectivity index (χ3n) is 2.82. The molecular weight excluding hydrogens is 122 g/mol. The van der Waals surface area contributed by atoms with Crippen LogP contribution in [0.5, 0.6) is 0 Å². The third-order valence-corrected chi connectivity index (χ3v) is 2.82. The minimum Gasteiger partial charge on any atom is -0.303 e. The van der Waals surface area contributed by atoms with Crippen LogP contribution in [-0.4, -0.2) is 24.5 Å². The van der Waals surface area contributed by atoms with Crippen LogP contribution in [0.25, 0.3) is 0 Å². The Bertz CT molecular complexity index is 101. The van der Waals surface area contributed by atoms with Crippen LogP contribution in [0.15, 0.2) is 0 Å². The molecule has 1 heteroatoms. The van der Waals surface area contributed by atoms with Crippen LogP contribution in [0.3, 0.4) is 0 Å². The lowest BCUT2D eigenvalue weighted by Gasteiger charge is -2.16. The fourth-order valence-corrected chi connectivity index (χ4v) is 1.97. The molecule has 0 spiro atoms. The molecule has 1 saturated heterocycles. The Balaban J connectivity index is 2.36. The molecule has 0 unspecified atom stereocenters. The predicted molar refractivity (Wildman–Crippen MR) is 45.1 cm³/mol. The van der Waals surface area contributed by atoms with E-state index in [0.717, 1.165) is 12.0 Å². The summed E-state index contributed by atoms with van der Waals surface area (Å²) in [6, 6.07) is 0.880. The Morgan fingerprint density at radius 3 is 2.30 bits per heavy atom. The Kier molecular flexibility index (Phi) is 2.72. The van der Waals surface area contributed by atoms with Crippen molar-refractivity contribution in [1.82, 2.24) is 4.90 Å². The fraction of sp³-hybridized carbons (Fsp3) is 1.00. The molecule has 0 saturated carbocycles. The molecule has 1 nitrogen and oxygen atoms in total. The maximum atomic E-state index is 2.51. The minimum atomic E-state index is 0.880. The Morgan fingerprint density at radius 2 is 2.00 bits per heavy atom. The van der Waals surface area contributed by atoms with Gasteiger partial charge < -0.3 is 4.90 Å². The van der Waals surface area contributed by atoms with E-state index in [9.17, 15) is 0 Å². The molecule has 0 aromatic heterocycles. The van der Waals surface area contributed by atoms with Crippen LogP contribution < -0.4 is 0 Å². The molecule has 0 bridgehead atoms. The molecule has 2 atom stereocenters. The second kappa shape index (κ2) is 3.38. The van der Waals surface area contributed by atoms with Gasteiger partial charge in [-0.1, -0.05) is 20.3 Å². The van der Waals surface area contributed by atoms with Gasteiger partial charge >= 0.3 is 0 Å². The van der Waals surface area contributed by atoms with Crippen molar-refractivity contribution < 1.29 is 0 Å².